The Morgan fingerprint density at radius 3 is 3.00 bits per heavy atom. The lowest BCUT2D eigenvalue weighted by Gasteiger charge is -1.92. The lowest BCUT2D eigenvalue weighted by atomic mass is 10.4. The van der Waals surface area contributed by atoms with Crippen molar-refractivity contribution >= 4 is 27.9 Å². The van der Waals surface area contributed by atoms with Gasteiger partial charge in [0, 0.05) is 12.6 Å². The van der Waals surface area contributed by atoms with Crippen LogP contribution in [0.15, 0.2) is 27.3 Å². The van der Waals surface area contributed by atoms with Gasteiger partial charge >= 0.3 is 0 Å². The van der Waals surface area contributed by atoms with Crippen molar-refractivity contribution < 1.29 is 9.21 Å². The Kier molecular flexibility index (Phi) is 3.76. The van der Waals surface area contributed by atoms with Crippen LogP contribution >= 0.6 is 15.9 Å². The van der Waals surface area contributed by atoms with E-state index in [1.807, 2.05) is 6.92 Å². The van der Waals surface area contributed by atoms with Gasteiger partial charge in [0.05, 0.1) is 0 Å². The summed E-state index contributed by atoms with van der Waals surface area (Å²) in [5, 5.41) is 2.64. The molecule has 0 aromatic carbocycles. The number of hydrogen-bond acceptors (Lipinski definition) is 2. The number of carbonyl (C=O) groups is 1. The third kappa shape index (κ3) is 3.46. The third-order valence-electron chi connectivity index (χ3n) is 1.34. The smallest absolute Gasteiger partial charge is 0.244 e. The van der Waals surface area contributed by atoms with Crippen LogP contribution in [0, 0.1) is 0 Å². The van der Waals surface area contributed by atoms with Crippen molar-refractivity contribution in [1.29, 1.82) is 0 Å². The standard InChI is InChI=1S/C9H10BrNO2/c1-2-11-9(12)6-4-7-3-5-8(10)13-7/h3-6H,2H2,1H3,(H,11,12). The summed E-state index contributed by atoms with van der Waals surface area (Å²) < 4.78 is 5.82. The lowest BCUT2D eigenvalue weighted by Crippen LogP contribution is -2.19. The molecule has 0 spiro atoms. The summed E-state index contributed by atoms with van der Waals surface area (Å²) in [6, 6.07) is 3.55. The molecule has 1 amide bonds. The molecule has 1 rings (SSSR count). The summed E-state index contributed by atoms with van der Waals surface area (Å²) in [7, 11) is 0. The van der Waals surface area contributed by atoms with Crippen molar-refractivity contribution in [2.24, 2.45) is 0 Å². The number of carbonyl (C=O) groups excluding carboxylic acids is 1. The molecule has 0 fully saturated rings. The van der Waals surface area contributed by atoms with Gasteiger partial charge in [0.2, 0.25) is 5.91 Å². The number of nitrogens with one attached hydrogen (secondary N) is 1. The molecule has 70 valence electrons. The number of rotatable bonds is 3. The van der Waals surface area contributed by atoms with Gasteiger partial charge < -0.3 is 9.73 Å². The van der Waals surface area contributed by atoms with E-state index < -0.39 is 0 Å². The summed E-state index contributed by atoms with van der Waals surface area (Å²) in [4.78, 5) is 11.0. The molecule has 3 nitrogen and oxygen atoms in total. The zero-order valence-corrected chi connectivity index (χ0v) is 8.80. The molecule has 0 saturated heterocycles. The van der Waals surface area contributed by atoms with Crippen molar-refractivity contribution in [3.63, 3.8) is 0 Å². The van der Waals surface area contributed by atoms with Crippen molar-refractivity contribution in [1.82, 2.24) is 5.32 Å². The van der Waals surface area contributed by atoms with Crippen LogP contribution in [0.1, 0.15) is 12.7 Å². The van der Waals surface area contributed by atoms with Crippen LogP contribution in [0.3, 0.4) is 0 Å². The van der Waals surface area contributed by atoms with Crippen molar-refractivity contribution in [2.75, 3.05) is 6.54 Å². The Bertz CT molecular complexity index is 317. The number of halogens is 1. The molecule has 1 N–H and O–H groups in total. The molecular formula is C9H10BrNO2. The van der Waals surface area contributed by atoms with Crippen LogP contribution < -0.4 is 5.32 Å². The molecule has 13 heavy (non-hydrogen) atoms. The van der Waals surface area contributed by atoms with Crippen molar-refractivity contribution in [3.8, 4) is 0 Å². The summed E-state index contributed by atoms with van der Waals surface area (Å²) in [6.45, 7) is 2.50. The van der Waals surface area contributed by atoms with Crippen LogP contribution in [0.2, 0.25) is 0 Å². The molecule has 1 heterocycles. The van der Waals surface area contributed by atoms with Gasteiger partial charge in [0.15, 0.2) is 4.67 Å². The normalized spacial score (nSPS) is 10.6. The Labute approximate surface area is 84.9 Å². The predicted molar refractivity (Wildman–Crippen MR) is 54.1 cm³/mol. The van der Waals surface area contributed by atoms with E-state index in [1.54, 1.807) is 18.2 Å². The molecule has 0 aliphatic rings. The average Bonchev–Trinajstić information content (AvgIpc) is 2.49. The monoisotopic (exact) mass is 243 g/mol. The largest absolute Gasteiger partial charge is 0.450 e. The SMILES string of the molecule is CCNC(=O)C=Cc1ccc(Br)o1. The summed E-state index contributed by atoms with van der Waals surface area (Å²) in [5.41, 5.74) is 0. The fraction of sp³-hybridized carbons (Fsp3) is 0.222. The van der Waals surface area contributed by atoms with Gasteiger partial charge in [-0.25, -0.2) is 0 Å². The molecule has 0 aliphatic heterocycles. The zero-order valence-electron chi connectivity index (χ0n) is 7.21. The lowest BCUT2D eigenvalue weighted by molar-refractivity contribution is -0.116. The van der Waals surface area contributed by atoms with E-state index in [0.717, 1.165) is 0 Å². The molecule has 0 radical (unpaired) electrons. The van der Waals surface area contributed by atoms with Gasteiger partial charge in [-0.2, -0.15) is 0 Å². The number of hydrogen-bond donors (Lipinski definition) is 1. The molecule has 4 heteroatoms. The fourth-order valence-electron chi connectivity index (χ4n) is 0.809. The summed E-state index contributed by atoms with van der Waals surface area (Å²) >= 11 is 3.17. The second kappa shape index (κ2) is 4.87. The summed E-state index contributed by atoms with van der Waals surface area (Å²) in [6.07, 6.45) is 3.06. The first kappa shape index (κ1) is 10.1. The first-order valence-electron chi connectivity index (χ1n) is 3.93. The Balaban J connectivity index is 2.53. The van der Waals surface area contributed by atoms with Crippen LogP contribution in [0.4, 0.5) is 0 Å². The molecular weight excluding hydrogens is 234 g/mol. The highest BCUT2D eigenvalue weighted by atomic mass is 79.9. The van der Waals surface area contributed by atoms with Crippen LogP contribution in [-0.4, -0.2) is 12.5 Å². The van der Waals surface area contributed by atoms with E-state index >= 15 is 0 Å². The Morgan fingerprint density at radius 2 is 2.46 bits per heavy atom. The maximum atomic E-state index is 11.0. The molecule has 1 aromatic rings. The second-order valence-electron chi connectivity index (χ2n) is 2.37. The van der Waals surface area contributed by atoms with Gasteiger partial charge in [0.25, 0.3) is 0 Å². The Hall–Kier alpha value is -1.03. The number of likely N-dealkylation sites (N-methyl/N-ethyl adjacent to an activating group) is 1. The second-order valence-corrected chi connectivity index (χ2v) is 3.15. The average molecular weight is 244 g/mol. The highest BCUT2D eigenvalue weighted by molar-refractivity contribution is 9.10. The van der Waals surface area contributed by atoms with Gasteiger partial charge in [-0.15, -0.1) is 0 Å². The third-order valence-corrected chi connectivity index (χ3v) is 1.77. The molecule has 1 aromatic heterocycles. The molecule has 0 unspecified atom stereocenters. The van der Waals surface area contributed by atoms with Crippen molar-refractivity contribution in [2.45, 2.75) is 6.92 Å². The predicted octanol–water partition coefficient (Wildman–Crippen LogP) is 2.19. The van der Waals surface area contributed by atoms with Gasteiger partial charge in [0.1, 0.15) is 5.76 Å². The number of furan rings is 1. The van der Waals surface area contributed by atoms with E-state index in [0.29, 0.717) is 17.0 Å². The highest BCUT2D eigenvalue weighted by Crippen LogP contribution is 2.14. The minimum Gasteiger partial charge on any atom is -0.450 e. The fourth-order valence-corrected chi connectivity index (χ4v) is 1.13. The van der Waals surface area contributed by atoms with E-state index in [1.165, 1.54) is 6.08 Å². The summed E-state index contributed by atoms with van der Waals surface area (Å²) in [5.74, 6) is 0.535. The molecule has 0 atom stereocenters. The molecule has 0 bridgehead atoms. The van der Waals surface area contributed by atoms with Crippen LogP contribution in [0.5, 0.6) is 0 Å². The number of amides is 1. The van der Waals surface area contributed by atoms with Gasteiger partial charge in [-0.3, -0.25) is 4.79 Å². The van der Waals surface area contributed by atoms with E-state index in [9.17, 15) is 4.79 Å². The maximum Gasteiger partial charge on any atom is 0.244 e. The molecule has 0 aliphatic carbocycles. The van der Waals surface area contributed by atoms with Crippen LogP contribution in [0.25, 0.3) is 6.08 Å². The van der Waals surface area contributed by atoms with Gasteiger partial charge in [-0.05, 0) is 41.1 Å². The minimum atomic E-state index is -0.116. The topological polar surface area (TPSA) is 42.2 Å². The molecule has 0 saturated carbocycles. The first-order valence-corrected chi connectivity index (χ1v) is 4.73. The highest BCUT2D eigenvalue weighted by Gasteiger charge is 1.95. The van der Waals surface area contributed by atoms with E-state index in [4.69, 9.17) is 4.42 Å². The first-order chi connectivity index (χ1) is 6.22. The van der Waals surface area contributed by atoms with Crippen LogP contribution in [-0.2, 0) is 4.79 Å². The van der Waals surface area contributed by atoms with Crippen molar-refractivity contribution in [3.05, 3.63) is 28.6 Å². The van der Waals surface area contributed by atoms with E-state index in [-0.39, 0.29) is 5.91 Å². The zero-order chi connectivity index (χ0) is 9.68. The Morgan fingerprint density at radius 1 is 1.69 bits per heavy atom. The minimum absolute atomic E-state index is 0.116. The van der Waals surface area contributed by atoms with E-state index in [2.05, 4.69) is 21.2 Å². The van der Waals surface area contributed by atoms with Gasteiger partial charge in [-0.1, -0.05) is 0 Å². The maximum absolute atomic E-state index is 11.0. The quantitative estimate of drug-likeness (QED) is 0.828.